The van der Waals surface area contributed by atoms with Crippen LogP contribution in [0.5, 0.6) is 5.75 Å². The molecule has 25 heavy (non-hydrogen) atoms. The minimum atomic E-state index is -0.918. The summed E-state index contributed by atoms with van der Waals surface area (Å²) in [5, 5.41) is 0.426. The van der Waals surface area contributed by atoms with Gasteiger partial charge >= 0.3 is 0 Å². The lowest BCUT2D eigenvalue weighted by Crippen LogP contribution is -2.36. The van der Waals surface area contributed by atoms with Gasteiger partial charge in [-0.2, -0.15) is 0 Å². The minimum absolute atomic E-state index is 0.426. The molecule has 1 radical (unpaired) electrons. The average Bonchev–Trinajstić information content (AvgIpc) is 2.61. The van der Waals surface area contributed by atoms with Crippen molar-refractivity contribution in [3.8, 4) is 5.75 Å². The number of hydrogen-bond donors (Lipinski definition) is 0. The van der Waals surface area contributed by atoms with Gasteiger partial charge in [-0.25, -0.2) is 0 Å². The zero-order chi connectivity index (χ0) is 18.9. The Balaban J connectivity index is 3.11. The molecule has 1 nitrogen and oxygen atoms in total. The summed E-state index contributed by atoms with van der Waals surface area (Å²) in [4.78, 5) is 0. The Morgan fingerprint density at radius 2 is 1.24 bits per heavy atom. The SMILES string of the molecule is CCCCC(CCCC)(CCCC)[Si](C)Oc1c(C)ccc(C)c1C. The Morgan fingerprint density at radius 3 is 1.68 bits per heavy atom. The molecule has 0 bridgehead atoms. The largest absolute Gasteiger partial charge is 0.541 e. The number of hydrogen-bond acceptors (Lipinski definition) is 1. The molecule has 0 saturated carbocycles. The van der Waals surface area contributed by atoms with E-state index in [1.807, 2.05) is 0 Å². The van der Waals surface area contributed by atoms with Gasteiger partial charge < -0.3 is 4.43 Å². The van der Waals surface area contributed by atoms with Gasteiger partial charge in [-0.05, 0) is 63.3 Å². The summed E-state index contributed by atoms with van der Waals surface area (Å²) < 4.78 is 6.82. The third kappa shape index (κ3) is 6.16. The van der Waals surface area contributed by atoms with Crippen molar-refractivity contribution >= 4 is 9.04 Å². The van der Waals surface area contributed by atoms with Crippen molar-refractivity contribution < 1.29 is 4.43 Å². The van der Waals surface area contributed by atoms with E-state index in [4.69, 9.17) is 4.43 Å². The molecule has 0 aromatic heterocycles. The molecule has 2 heteroatoms. The Labute approximate surface area is 159 Å². The summed E-state index contributed by atoms with van der Waals surface area (Å²) in [5.41, 5.74) is 3.97. The number of unbranched alkanes of at least 4 members (excludes halogenated alkanes) is 3. The fourth-order valence-electron chi connectivity index (χ4n) is 3.79. The Hall–Kier alpha value is -0.763. The lowest BCUT2D eigenvalue weighted by Gasteiger charge is -2.38. The molecule has 0 N–H and O–H groups in total. The van der Waals surface area contributed by atoms with E-state index in [1.54, 1.807) is 0 Å². The van der Waals surface area contributed by atoms with Crippen molar-refractivity contribution in [2.75, 3.05) is 0 Å². The van der Waals surface area contributed by atoms with Crippen LogP contribution in [-0.4, -0.2) is 9.04 Å². The predicted molar refractivity (Wildman–Crippen MR) is 114 cm³/mol. The molecular formula is C23H41OSi. The summed E-state index contributed by atoms with van der Waals surface area (Å²) >= 11 is 0. The third-order valence-corrected chi connectivity index (χ3v) is 8.66. The molecule has 0 aliphatic rings. The highest BCUT2D eigenvalue weighted by atomic mass is 28.3. The number of aryl methyl sites for hydroxylation is 2. The van der Waals surface area contributed by atoms with Gasteiger partial charge in [0.05, 0.1) is 0 Å². The van der Waals surface area contributed by atoms with Crippen LogP contribution in [0, 0.1) is 20.8 Å². The van der Waals surface area contributed by atoms with Crippen LogP contribution in [0.3, 0.4) is 0 Å². The lowest BCUT2D eigenvalue weighted by atomic mass is 9.89. The van der Waals surface area contributed by atoms with E-state index in [2.05, 4.69) is 60.2 Å². The van der Waals surface area contributed by atoms with Crippen LogP contribution in [0.4, 0.5) is 0 Å². The molecule has 0 spiro atoms. The van der Waals surface area contributed by atoms with Gasteiger partial charge in [-0.3, -0.25) is 0 Å². The Kier molecular flexibility index (Phi) is 9.85. The maximum absolute atomic E-state index is 6.82. The van der Waals surface area contributed by atoms with Crippen LogP contribution in [0.25, 0.3) is 0 Å². The average molecular weight is 362 g/mol. The summed E-state index contributed by atoms with van der Waals surface area (Å²) in [5.74, 6) is 1.17. The second-order valence-corrected chi connectivity index (χ2v) is 10.3. The predicted octanol–water partition coefficient (Wildman–Crippen LogP) is 7.92. The van der Waals surface area contributed by atoms with E-state index in [0.717, 1.165) is 0 Å². The van der Waals surface area contributed by atoms with Gasteiger partial charge in [-0.1, -0.05) is 71.4 Å². The van der Waals surface area contributed by atoms with E-state index in [1.165, 1.54) is 80.2 Å². The Morgan fingerprint density at radius 1 is 0.800 bits per heavy atom. The van der Waals surface area contributed by atoms with Crippen LogP contribution in [0.15, 0.2) is 12.1 Å². The topological polar surface area (TPSA) is 9.23 Å². The third-order valence-electron chi connectivity index (χ3n) is 5.90. The van der Waals surface area contributed by atoms with Crippen molar-refractivity contribution in [1.29, 1.82) is 0 Å². The second-order valence-electron chi connectivity index (χ2n) is 7.90. The lowest BCUT2D eigenvalue weighted by molar-refractivity contribution is 0.356. The first kappa shape index (κ1) is 22.3. The molecule has 0 unspecified atom stereocenters. The van der Waals surface area contributed by atoms with Crippen molar-refractivity contribution in [2.45, 2.75) is 111 Å². The molecule has 0 atom stereocenters. The standard InChI is InChI=1S/C23H41OSi/c1-8-11-16-23(17-12-9-2,18-13-10-3)25(7)24-22-20(5)15-14-19(4)21(22)6/h14-15H,8-13,16-18H2,1-7H3. The van der Waals surface area contributed by atoms with Crippen LogP contribution < -0.4 is 4.43 Å². The highest BCUT2D eigenvalue weighted by molar-refractivity contribution is 6.55. The summed E-state index contributed by atoms with van der Waals surface area (Å²) in [7, 11) is -0.918. The molecule has 0 heterocycles. The molecule has 0 fully saturated rings. The van der Waals surface area contributed by atoms with Gasteiger partial charge in [-0.15, -0.1) is 0 Å². The first-order valence-corrected chi connectivity index (χ1v) is 12.4. The fourth-order valence-corrected chi connectivity index (χ4v) is 6.22. The molecule has 0 amide bonds. The van der Waals surface area contributed by atoms with E-state index < -0.39 is 9.04 Å². The van der Waals surface area contributed by atoms with Crippen LogP contribution in [0.2, 0.25) is 11.6 Å². The highest BCUT2D eigenvalue weighted by Gasteiger charge is 2.39. The zero-order valence-electron chi connectivity index (χ0n) is 17.9. The highest BCUT2D eigenvalue weighted by Crippen LogP contribution is 2.47. The van der Waals surface area contributed by atoms with Crippen molar-refractivity contribution in [2.24, 2.45) is 0 Å². The molecular weight excluding hydrogens is 320 g/mol. The summed E-state index contributed by atoms with van der Waals surface area (Å²) in [6.07, 6.45) is 11.9. The minimum Gasteiger partial charge on any atom is -0.541 e. The number of benzene rings is 1. The first-order chi connectivity index (χ1) is 11.9. The fraction of sp³-hybridized carbons (Fsp3) is 0.739. The van der Waals surface area contributed by atoms with E-state index in [-0.39, 0.29) is 0 Å². The molecule has 0 aliphatic heterocycles. The van der Waals surface area contributed by atoms with Crippen LogP contribution in [0.1, 0.15) is 95.2 Å². The monoisotopic (exact) mass is 361 g/mol. The number of rotatable bonds is 12. The molecule has 1 rings (SSSR count). The zero-order valence-corrected chi connectivity index (χ0v) is 18.9. The van der Waals surface area contributed by atoms with E-state index in [9.17, 15) is 0 Å². The maximum atomic E-state index is 6.82. The van der Waals surface area contributed by atoms with E-state index >= 15 is 0 Å². The smallest absolute Gasteiger partial charge is 0.284 e. The first-order valence-electron chi connectivity index (χ1n) is 10.5. The second kappa shape index (κ2) is 11.1. The quantitative estimate of drug-likeness (QED) is 0.343. The Bertz CT molecular complexity index is 487. The molecule has 0 aliphatic carbocycles. The molecule has 0 saturated heterocycles. The maximum Gasteiger partial charge on any atom is 0.284 e. The van der Waals surface area contributed by atoms with E-state index in [0.29, 0.717) is 5.04 Å². The van der Waals surface area contributed by atoms with Gasteiger partial charge in [0.1, 0.15) is 5.75 Å². The molecule has 1 aromatic carbocycles. The van der Waals surface area contributed by atoms with Crippen LogP contribution in [-0.2, 0) is 0 Å². The van der Waals surface area contributed by atoms with Gasteiger partial charge in [0.15, 0.2) is 0 Å². The molecule has 1 aromatic rings. The summed E-state index contributed by atoms with van der Waals surface area (Å²) in [6, 6.07) is 4.44. The molecule has 143 valence electrons. The van der Waals surface area contributed by atoms with Crippen LogP contribution >= 0.6 is 0 Å². The van der Waals surface area contributed by atoms with Crippen molar-refractivity contribution in [3.63, 3.8) is 0 Å². The van der Waals surface area contributed by atoms with Gasteiger partial charge in [0, 0.05) is 5.04 Å². The summed E-state index contributed by atoms with van der Waals surface area (Å²) in [6.45, 7) is 16.0. The normalized spacial score (nSPS) is 12.0. The van der Waals surface area contributed by atoms with Crippen molar-refractivity contribution in [1.82, 2.24) is 0 Å². The van der Waals surface area contributed by atoms with Crippen molar-refractivity contribution in [3.05, 3.63) is 28.8 Å². The van der Waals surface area contributed by atoms with Gasteiger partial charge in [0.2, 0.25) is 0 Å². The van der Waals surface area contributed by atoms with Gasteiger partial charge in [0.25, 0.3) is 9.04 Å².